The Balaban J connectivity index is 2.14. The van der Waals surface area contributed by atoms with Crippen LogP contribution < -0.4 is 5.32 Å². The van der Waals surface area contributed by atoms with Crippen LogP contribution in [0.1, 0.15) is 19.5 Å². The van der Waals surface area contributed by atoms with E-state index in [0.29, 0.717) is 5.92 Å². The summed E-state index contributed by atoms with van der Waals surface area (Å²) in [4.78, 5) is 0. The van der Waals surface area contributed by atoms with Crippen molar-refractivity contribution in [1.29, 1.82) is 0 Å². The maximum atomic E-state index is 3.85. The topological polar surface area (TPSA) is 40.7 Å². The second kappa shape index (κ2) is 4.13. The predicted octanol–water partition coefficient (Wildman–Crippen LogP) is 1.16. The largest absolute Gasteiger partial charge is 0.311 e. The van der Waals surface area contributed by atoms with Crippen LogP contribution in [0.5, 0.6) is 0 Å². The molecule has 0 spiro atoms. The highest BCUT2D eigenvalue weighted by Crippen LogP contribution is 1.92. The Morgan fingerprint density at radius 2 is 2.45 bits per heavy atom. The lowest BCUT2D eigenvalue weighted by atomic mass is 10.2. The fourth-order valence-electron chi connectivity index (χ4n) is 0.879. The van der Waals surface area contributed by atoms with Crippen LogP contribution in [-0.2, 0) is 6.54 Å². The van der Waals surface area contributed by atoms with Gasteiger partial charge in [-0.25, -0.2) is 0 Å². The third kappa shape index (κ3) is 3.18. The monoisotopic (exact) mass is 153 g/mol. The highest BCUT2D eigenvalue weighted by molar-refractivity contribution is 4.96. The van der Waals surface area contributed by atoms with E-state index in [1.54, 1.807) is 6.20 Å². The summed E-state index contributed by atoms with van der Waals surface area (Å²) < 4.78 is 0. The summed E-state index contributed by atoms with van der Waals surface area (Å²) in [5.74, 6) is 0.706. The SMILES string of the molecule is CC(C)CNCc1ccn[nH]1. The van der Waals surface area contributed by atoms with E-state index in [-0.39, 0.29) is 0 Å². The molecule has 0 unspecified atom stereocenters. The molecule has 0 fully saturated rings. The van der Waals surface area contributed by atoms with Crippen molar-refractivity contribution < 1.29 is 0 Å². The number of aromatic nitrogens is 2. The van der Waals surface area contributed by atoms with Gasteiger partial charge >= 0.3 is 0 Å². The standard InChI is InChI=1S/C8H15N3/c1-7(2)5-9-6-8-3-4-10-11-8/h3-4,7,9H,5-6H2,1-2H3,(H,10,11). The molecule has 3 nitrogen and oxygen atoms in total. The van der Waals surface area contributed by atoms with Crippen LogP contribution in [0, 0.1) is 5.92 Å². The van der Waals surface area contributed by atoms with Gasteiger partial charge < -0.3 is 5.32 Å². The van der Waals surface area contributed by atoms with E-state index in [0.717, 1.165) is 18.8 Å². The molecule has 1 heterocycles. The molecule has 62 valence electrons. The molecular weight excluding hydrogens is 138 g/mol. The predicted molar refractivity (Wildman–Crippen MR) is 45.1 cm³/mol. The van der Waals surface area contributed by atoms with Gasteiger partial charge in [-0.3, -0.25) is 5.10 Å². The van der Waals surface area contributed by atoms with E-state index >= 15 is 0 Å². The van der Waals surface area contributed by atoms with Gasteiger partial charge in [0, 0.05) is 18.4 Å². The number of aromatic amines is 1. The first-order valence-corrected chi connectivity index (χ1v) is 3.98. The zero-order valence-electron chi connectivity index (χ0n) is 7.09. The van der Waals surface area contributed by atoms with Crippen molar-refractivity contribution in [2.45, 2.75) is 20.4 Å². The van der Waals surface area contributed by atoms with E-state index in [2.05, 4.69) is 29.4 Å². The highest BCUT2D eigenvalue weighted by atomic mass is 15.1. The molecule has 0 radical (unpaired) electrons. The first-order chi connectivity index (χ1) is 5.29. The van der Waals surface area contributed by atoms with Crippen LogP contribution >= 0.6 is 0 Å². The number of rotatable bonds is 4. The van der Waals surface area contributed by atoms with Crippen molar-refractivity contribution >= 4 is 0 Å². The zero-order chi connectivity index (χ0) is 8.10. The van der Waals surface area contributed by atoms with Gasteiger partial charge in [0.1, 0.15) is 0 Å². The average Bonchev–Trinajstić information content (AvgIpc) is 2.39. The van der Waals surface area contributed by atoms with Crippen molar-refractivity contribution in [3.8, 4) is 0 Å². The summed E-state index contributed by atoms with van der Waals surface area (Å²) in [6, 6.07) is 1.98. The molecule has 0 saturated carbocycles. The molecule has 0 aliphatic carbocycles. The van der Waals surface area contributed by atoms with Gasteiger partial charge in [0.05, 0.1) is 0 Å². The van der Waals surface area contributed by atoms with Gasteiger partial charge in [-0.05, 0) is 18.5 Å². The highest BCUT2D eigenvalue weighted by Gasteiger charge is 1.94. The number of nitrogens with zero attached hydrogens (tertiary/aromatic N) is 1. The zero-order valence-corrected chi connectivity index (χ0v) is 7.09. The summed E-state index contributed by atoms with van der Waals surface area (Å²) in [5.41, 5.74) is 1.14. The van der Waals surface area contributed by atoms with Crippen LogP contribution in [0.15, 0.2) is 12.3 Å². The Hall–Kier alpha value is -0.830. The molecule has 0 saturated heterocycles. The smallest absolute Gasteiger partial charge is 0.0490 e. The molecule has 0 aromatic carbocycles. The van der Waals surface area contributed by atoms with Gasteiger partial charge in [-0.15, -0.1) is 0 Å². The molecule has 2 N–H and O–H groups in total. The van der Waals surface area contributed by atoms with Gasteiger partial charge in [0.2, 0.25) is 0 Å². The van der Waals surface area contributed by atoms with Gasteiger partial charge in [-0.1, -0.05) is 13.8 Å². The minimum atomic E-state index is 0.706. The molecule has 0 atom stereocenters. The van der Waals surface area contributed by atoms with E-state index in [4.69, 9.17) is 0 Å². The molecule has 11 heavy (non-hydrogen) atoms. The van der Waals surface area contributed by atoms with Crippen LogP contribution in [0.4, 0.5) is 0 Å². The Labute approximate surface area is 67.2 Å². The van der Waals surface area contributed by atoms with E-state index in [1.807, 2.05) is 6.07 Å². The Kier molecular flexibility index (Phi) is 3.11. The summed E-state index contributed by atoms with van der Waals surface area (Å²) >= 11 is 0. The van der Waals surface area contributed by atoms with Crippen LogP contribution in [0.2, 0.25) is 0 Å². The Bertz CT molecular complexity index is 179. The molecule has 0 bridgehead atoms. The summed E-state index contributed by atoms with van der Waals surface area (Å²) in [6.45, 7) is 6.33. The third-order valence-electron chi connectivity index (χ3n) is 1.43. The normalized spacial score (nSPS) is 10.8. The van der Waals surface area contributed by atoms with Crippen LogP contribution in [-0.4, -0.2) is 16.7 Å². The minimum absolute atomic E-state index is 0.706. The lowest BCUT2D eigenvalue weighted by Gasteiger charge is -2.04. The van der Waals surface area contributed by atoms with Crippen molar-refractivity contribution in [3.63, 3.8) is 0 Å². The molecule has 0 amide bonds. The summed E-state index contributed by atoms with van der Waals surface area (Å²) in [7, 11) is 0. The fourth-order valence-corrected chi connectivity index (χ4v) is 0.879. The number of nitrogens with one attached hydrogen (secondary N) is 2. The number of hydrogen-bond donors (Lipinski definition) is 2. The van der Waals surface area contributed by atoms with Crippen LogP contribution in [0.3, 0.4) is 0 Å². The van der Waals surface area contributed by atoms with E-state index in [9.17, 15) is 0 Å². The third-order valence-corrected chi connectivity index (χ3v) is 1.43. The molecule has 3 heteroatoms. The second-order valence-electron chi connectivity index (χ2n) is 3.11. The maximum Gasteiger partial charge on any atom is 0.0490 e. The first-order valence-electron chi connectivity index (χ1n) is 3.98. The van der Waals surface area contributed by atoms with Crippen molar-refractivity contribution in [2.24, 2.45) is 5.92 Å². The van der Waals surface area contributed by atoms with E-state index < -0.39 is 0 Å². The van der Waals surface area contributed by atoms with Crippen molar-refractivity contribution in [1.82, 2.24) is 15.5 Å². The van der Waals surface area contributed by atoms with Gasteiger partial charge in [0.15, 0.2) is 0 Å². The molecule has 1 rings (SSSR count). The van der Waals surface area contributed by atoms with Crippen LogP contribution in [0.25, 0.3) is 0 Å². The molecule has 0 aliphatic heterocycles. The fraction of sp³-hybridized carbons (Fsp3) is 0.625. The maximum absolute atomic E-state index is 3.85. The average molecular weight is 153 g/mol. The Morgan fingerprint density at radius 1 is 1.64 bits per heavy atom. The quantitative estimate of drug-likeness (QED) is 0.681. The molecule has 1 aromatic rings. The molecule has 1 aromatic heterocycles. The van der Waals surface area contributed by atoms with Crippen molar-refractivity contribution in [3.05, 3.63) is 18.0 Å². The first kappa shape index (κ1) is 8.27. The van der Waals surface area contributed by atoms with Crippen molar-refractivity contribution in [2.75, 3.05) is 6.54 Å². The minimum Gasteiger partial charge on any atom is -0.311 e. The Morgan fingerprint density at radius 3 is 3.00 bits per heavy atom. The molecule has 0 aliphatic rings. The second-order valence-corrected chi connectivity index (χ2v) is 3.11. The number of H-pyrrole nitrogens is 1. The molecular formula is C8H15N3. The number of hydrogen-bond acceptors (Lipinski definition) is 2. The summed E-state index contributed by atoms with van der Waals surface area (Å²) in [5, 5.41) is 10.1. The van der Waals surface area contributed by atoms with E-state index in [1.165, 1.54) is 0 Å². The van der Waals surface area contributed by atoms with Gasteiger partial charge in [-0.2, -0.15) is 5.10 Å². The summed E-state index contributed by atoms with van der Waals surface area (Å²) in [6.07, 6.45) is 1.77. The lowest BCUT2D eigenvalue weighted by molar-refractivity contribution is 0.548. The van der Waals surface area contributed by atoms with Gasteiger partial charge in [0.25, 0.3) is 0 Å². The lowest BCUT2D eigenvalue weighted by Crippen LogP contribution is -2.19.